The van der Waals surface area contributed by atoms with Gasteiger partial charge in [0.15, 0.2) is 0 Å². The van der Waals surface area contributed by atoms with Gasteiger partial charge in [-0.25, -0.2) is 4.68 Å². The summed E-state index contributed by atoms with van der Waals surface area (Å²) in [5.74, 6) is 1.43. The van der Waals surface area contributed by atoms with Gasteiger partial charge in [0.05, 0.1) is 18.8 Å². The Balaban J connectivity index is 1.81. The molecule has 7 nitrogen and oxygen atoms in total. The highest BCUT2D eigenvalue weighted by Crippen LogP contribution is 2.39. The van der Waals surface area contributed by atoms with E-state index in [1.54, 1.807) is 6.33 Å². The zero-order chi connectivity index (χ0) is 20.4. The monoisotopic (exact) mass is 395 g/mol. The molecule has 1 aromatic carbocycles. The normalized spacial score (nSPS) is 19.7. The van der Waals surface area contributed by atoms with Gasteiger partial charge in [-0.2, -0.15) is 10.1 Å². The first-order chi connectivity index (χ1) is 14.1. The van der Waals surface area contributed by atoms with Crippen LogP contribution in [0, 0.1) is 5.92 Å². The van der Waals surface area contributed by atoms with Crippen molar-refractivity contribution in [2.45, 2.75) is 33.2 Å². The first-order valence-electron chi connectivity index (χ1n) is 10.4. The zero-order valence-electron chi connectivity index (χ0n) is 17.4. The summed E-state index contributed by atoms with van der Waals surface area (Å²) in [4.78, 5) is 22.3. The summed E-state index contributed by atoms with van der Waals surface area (Å²) in [6.45, 7) is 9.67. The standard InChI is InChI=1S/C22H29N5O2/c1-16(2)9-10-26-17(3)19(21(28)25-11-13-29-14-12-25)20(18-7-5-4-6-8-18)27-22(26)23-15-24-27/h4-8,15-16,20H,9-14H2,1-3H3/t20-/m0/s1. The predicted molar refractivity (Wildman–Crippen MR) is 112 cm³/mol. The minimum Gasteiger partial charge on any atom is -0.378 e. The molecule has 0 spiro atoms. The lowest BCUT2D eigenvalue weighted by Gasteiger charge is -2.38. The Hall–Kier alpha value is -2.67. The number of rotatable bonds is 5. The van der Waals surface area contributed by atoms with Gasteiger partial charge in [0.1, 0.15) is 12.4 Å². The second-order valence-corrected chi connectivity index (χ2v) is 8.06. The van der Waals surface area contributed by atoms with E-state index in [0.29, 0.717) is 32.2 Å². The van der Waals surface area contributed by atoms with E-state index in [2.05, 4.69) is 41.0 Å². The van der Waals surface area contributed by atoms with E-state index in [1.165, 1.54) is 0 Å². The maximum atomic E-state index is 13.7. The zero-order valence-corrected chi connectivity index (χ0v) is 17.4. The van der Waals surface area contributed by atoms with Crippen LogP contribution in [0.5, 0.6) is 0 Å². The van der Waals surface area contributed by atoms with E-state index in [9.17, 15) is 4.79 Å². The van der Waals surface area contributed by atoms with E-state index in [-0.39, 0.29) is 11.9 Å². The van der Waals surface area contributed by atoms with Crippen LogP contribution in [0.1, 0.15) is 38.8 Å². The molecule has 1 amide bonds. The molecule has 0 aliphatic carbocycles. The topological polar surface area (TPSA) is 63.5 Å². The molecule has 1 saturated heterocycles. The first-order valence-corrected chi connectivity index (χ1v) is 10.4. The van der Waals surface area contributed by atoms with Crippen molar-refractivity contribution in [2.24, 2.45) is 5.92 Å². The smallest absolute Gasteiger partial charge is 0.254 e. The number of benzene rings is 1. The Morgan fingerprint density at radius 2 is 1.93 bits per heavy atom. The first kappa shape index (κ1) is 19.6. The van der Waals surface area contributed by atoms with Gasteiger partial charge in [0.2, 0.25) is 5.95 Å². The Morgan fingerprint density at radius 3 is 2.62 bits per heavy atom. The fraction of sp³-hybridized carbons (Fsp3) is 0.500. The maximum absolute atomic E-state index is 13.7. The molecule has 1 fully saturated rings. The number of nitrogens with zero attached hydrogens (tertiary/aromatic N) is 5. The molecule has 29 heavy (non-hydrogen) atoms. The van der Waals surface area contributed by atoms with Crippen LogP contribution in [0.2, 0.25) is 0 Å². The lowest BCUT2D eigenvalue weighted by Crippen LogP contribution is -2.45. The number of amides is 1. The summed E-state index contributed by atoms with van der Waals surface area (Å²) >= 11 is 0. The Labute approximate surface area is 172 Å². The molecule has 2 aromatic rings. The van der Waals surface area contributed by atoms with E-state index < -0.39 is 0 Å². The van der Waals surface area contributed by atoms with Gasteiger partial charge in [-0.1, -0.05) is 44.2 Å². The number of ether oxygens (including phenoxy) is 1. The molecule has 4 rings (SSSR count). The molecule has 2 aliphatic heterocycles. The summed E-state index contributed by atoms with van der Waals surface area (Å²) in [5, 5.41) is 4.54. The molecular weight excluding hydrogens is 366 g/mol. The van der Waals surface area contributed by atoms with Gasteiger partial charge < -0.3 is 14.5 Å². The van der Waals surface area contributed by atoms with Crippen molar-refractivity contribution in [2.75, 3.05) is 37.7 Å². The molecule has 154 valence electrons. The quantitative estimate of drug-likeness (QED) is 0.779. The van der Waals surface area contributed by atoms with Gasteiger partial charge in [0, 0.05) is 25.3 Å². The number of carbonyl (C=O) groups excluding carboxylic acids is 1. The molecule has 0 unspecified atom stereocenters. The van der Waals surface area contributed by atoms with Gasteiger partial charge in [-0.3, -0.25) is 4.79 Å². The van der Waals surface area contributed by atoms with Crippen molar-refractivity contribution in [1.82, 2.24) is 19.7 Å². The van der Waals surface area contributed by atoms with Crippen LogP contribution in [0.15, 0.2) is 47.9 Å². The molecule has 0 bridgehead atoms. The summed E-state index contributed by atoms with van der Waals surface area (Å²) < 4.78 is 7.36. The minimum atomic E-state index is -0.278. The van der Waals surface area contributed by atoms with Crippen LogP contribution in [-0.4, -0.2) is 58.4 Å². The summed E-state index contributed by atoms with van der Waals surface area (Å²) in [6, 6.07) is 9.83. The Kier molecular flexibility index (Phi) is 5.67. The molecule has 0 saturated carbocycles. The molecule has 0 radical (unpaired) electrons. The molecule has 7 heteroatoms. The lowest BCUT2D eigenvalue weighted by atomic mass is 9.93. The predicted octanol–water partition coefficient (Wildman–Crippen LogP) is 2.87. The van der Waals surface area contributed by atoms with Crippen molar-refractivity contribution in [3.05, 3.63) is 53.5 Å². The molecule has 0 N–H and O–H groups in total. The summed E-state index contributed by atoms with van der Waals surface area (Å²) in [5.41, 5.74) is 2.79. The summed E-state index contributed by atoms with van der Waals surface area (Å²) in [7, 11) is 0. The Bertz CT molecular complexity index is 884. The van der Waals surface area contributed by atoms with Crippen LogP contribution in [0.25, 0.3) is 0 Å². The number of hydrogen-bond acceptors (Lipinski definition) is 5. The maximum Gasteiger partial charge on any atom is 0.254 e. The van der Waals surface area contributed by atoms with Crippen LogP contribution in [-0.2, 0) is 9.53 Å². The highest BCUT2D eigenvalue weighted by Gasteiger charge is 2.38. The fourth-order valence-electron chi connectivity index (χ4n) is 4.04. The molecule has 3 heterocycles. The molecule has 2 aliphatic rings. The number of anilines is 1. The fourth-order valence-corrected chi connectivity index (χ4v) is 4.04. The van der Waals surface area contributed by atoms with E-state index in [4.69, 9.17) is 4.74 Å². The van der Waals surface area contributed by atoms with Crippen LogP contribution >= 0.6 is 0 Å². The van der Waals surface area contributed by atoms with Crippen LogP contribution < -0.4 is 4.90 Å². The highest BCUT2D eigenvalue weighted by atomic mass is 16.5. The third-order valence-electron chi connectivity index (χ3n) is 5.68. The second-order valence-electron chi connectivity index (χ2n) is 8.06. The number of hydrogen-bond donors (Lipinski definition) is 0. The van der Waals surface area contributed by atoms with E-state index in [0.717, 1.165) is 35.7 Å². The van der Waals surface area contributed by atoms with E-state index >= 15 is 0 Å². The van der Waals surface area contributed by atoms with Gasteiger partial charge in [-0.15, -0.1) is 0 Å². The number of fused-ring (bicyclic) bond motifs is 1. The second kappa shape index (κ2) is 8.37. The van der Waals surface area contributed by atoms with Crippen molar-refractivity contribution >= 4 is 11.9 Å². The Morgan fingerprint density at radius 1 is 1.21 bits per heavy atom. The van der Waals surface area contributed by atoms with Crippen LogP contribution in [0.3, 0.4) is 0 Å². The number of aromatic nitrogens is 3. The van der Waals surface area contributed by atoms with Crippen LogP contribution in [0.4, 0.5) is 5.95 Å². The van der Waals surface area contributed by atoms with Crippen molar-refractivity contribution < 1.29 is 9.53 Å². The largest absolute Gasteiger partial charge is 0.378 e. The lowest BCUT2D eigenvalue weighted by molar-refractivity contribution is -0.131. The third-order valence-corrected chi connectivity index (χ3v) is 5.68. The van der Waals surface area contributed by atoms with Gasteiger partial charge >= 0.3 is 0 Å². The minimum absolute atomic E-state index is 0.0651. The SMILES string of the molecule is CC1=C(C(=O)N2CCOCC2)[C@H](c2ccccc2)n2ncnc2N1CCC(C)C. The molecule has 1 aromatic heterocycles. The molecule has 1 atom stereocenters. The number of allylic oxidation sites excluding steroid dienone is 1. The van der Waals surface area contributed by atoms with Gasteiger partial charge in [0.25, 0.3) is 5.91 Å². The summed E-state index contributed by atoms with van der Waals surface area (Å²) in [6.07, 6.45) is 2.60. The molecular formula is C22H29N5O2. The van der Waals surface area contributed by atoms with Crippen molar-refractivity contribution in [3.63, 3.8) is 0 Å². The average Bonchev–Trinajstić information content (AvgIpc) is 3.22. The van der Waals surface area contributed by atoms with E-state index in [1.807, 2.05) is 34.7 Å². The van der Waals surface area contributed by atoms with Crippen molar-refractivity contribution in [1.29, 1.82) is 0 Å². The highest BCUT2D eigenvalue weighted by molar-refractivity contribution is 5.97. The number of morpholine rings is 1. The third kappa shape index (κ3) is 3.79. The van der Waals surface area contributed by atoms with Gasteiger partial charge in [-0.05, 0) is 24.8 Å². The van der Waals surface area contributed by atoms with Crippen molar-refractivity contribution in [3.8, 4) is 0 Å². The number of carbonyl (C=O) groups is 1. The average molecular weight is 396 g/mol.